The van der Waals surface area contributed by atoms with E-state index < -0.39 is 32.7 Å². The van der Waals surface area contributed by atoms with Crippen LogP contribution in [0.1, 0.15) is 24.4 Å². The average molecular weight is 320 g/mol. The van der Waals surface area contributed by atoms with Gasteiger partial charge < -0.3 is 0 Å². The van der Waals surface area contributed by atoms with Crippen molar-refractivity contribution < 1.29 is 21.6 Å². The Kier molecular flexibility index (Phi) is 4.01. The third kappa shape index (κ3) is 3.39. The molecule has 1 atom stereocenters. The molecule has 0 radical (unpaired) electrons. The molecule has 0 bridgehead atoms. The van der Waals surface area contributed by atoms with Gasteiger partial charge in [0, 0.05) is 0 Å². The van der Waals surface area contributed by atoms with Crippen LogP contribution in [0.4, 0.5) is 13.2 Å². The van der Waals surface area contributed by atoms with E-state index in [1.54, 1.807) is 0 Å². The fraction of sp³-hybridized carbons (Fsp3) is 0.273. The predicted molar refractivity (Wildman–Crippen MR) is 66.6 cm³/mol. The summed E-state index contributed by atoms with van der Waals surface area (Å²) in [5.41, 5.74) is -1.22. The fourth-order valence-electron chi connectivity index (χ4n) is 1.71. The van der Waals surface area contributed by atoms with Crippen LogP contribution >= 0.6 is 0 Å². The molecule has 21 heavy (non-hydrogen) atoms. The van der Waals surface area contributed by atoms with Gasteiger partial charge in [-0.2, -0.15) is 18.3 Å². The Balaban J connectivity index is 2.37. The fourth-order valence-corrected chi connectivity index (χ4v) is 3.15. The van der Waals surface area contributed by atoms with Gasteiger partial charge in [-0.15, -0.1) is 0 Å². The molecule has 1 unspecified atom stereocenters. The molecule has 0 aliphatic rings. The Morgan fingerprint density at radius 1 is 1.29 bits per heavy atom. The number of hydrogen-bond acceptors (Lipinski definition) is 4. The second-order valence-corrected chi connectivity index (χ2v) is 5.89. The van der Waals surface area contributed by atoms with Crippen LogP contribution in [0.15, 0.2) is 35.5 Å². The van der Waals surface area contributed by atoms with Crippen molar-refractivity contribution >= 4 is 10.0 Å². The number of H-pyrrole nitrogens is 1. The topological polar surface area (TPSA) is 87.7 Å². The second-order valence-electron chi connectivity index (χ2n) is 4.21. The SMILES string of the molecule is CC(NS(=O)(=O)c1ccccc1C(F)(F)F)c1ncn[nH]1. The number of alkyl halides is 3. The molecule has 114 valence electrons. The Hall–Kier alpha value is -1.94. The van der Waals surface area contributed by atoms with Crippen LogP contribution in [0.5, 0.6) is 0 Å². The monoisotopic (exact) mass is 320 g/mol. The molecule has 2 N–H and O–H groups in total. The zero-order valence-electron chi connectivity index (χ0n) is 10.7. The van der Waals surface area contributed by atoms with Crippen LogP contribution in [0.3, 0.4) is 0 Å². The van der Waals surface area contributed by atoms with Gasteiger partial charge in [0.05, 0.1) is 16.5 Å². The zero-order valence-corrected chi connectivity index (χ0v) is 11.5. The maximum Gasteiger partial charge on any atom is 0.417 e. The van der Waals surface area contributed by atoms with Crippen LogP contribution in [0, 0.1) is 0 Å². The van der Waals surface area contributed by atoms with Crippen LogP contribution < -0.4 is 4.72 Å². The van der Waals surface area contributed by atoms with Crippen molar-refractivity contribution in [2.45, 2.75) is 24.0 Å². The average Bonchev–Trinajstić information content (AvgIpc) is 2.91. The first-order valence-corrected chi connectivity index (χ1v) is 7.24. The molecule has 0 saturated heterocycles. The number of hydrogen-bond donors (Lipinski definition) is 2. The van der Waals surface area contributed by atoms with Gasteiger partial charge in [-0.3, -0.25) is 5.10 Å². The summed E-state index contributed by atoms with van der Waals surface area (Å²) in [6.07, 6.45) is -3.59. The van der Waals surface area contributed by atoms with E-state index in [0.29, 0.717) is 6.07 Å². The molecule has 0 fully saturated rings. The van der Waals surface area contributed by atoms with E-state index >= 15 is 0 Å². The number of sulfonamides is 1. The number of benzene rings is 1. The lowest BCUT2D eigenvalue weighted by Gasteiger charge is -2.16. The predicted octanol–water partition coefficient (Wildman–Crippen LogP) is 1.86. The van der Waals surface area contributed by atoms with Gasteiger partial charge >= 0.3 is 6.18 Å². The maximum absolute atomic E-state index is 12.9. The van der Waals surface area contributed by atoms with Crippen molar-refractivity contribution in [3.05, 3.63) is 42.0 Å². The molecule has 1 aromatic carbocycles. The van der Waals surface area contributed by atoms with Gasteiger partial charge in [-0.25, -0.2) is 18.1 Å². The van der Waals surface area contributed by atoms with Crippen molar-refractivity contribution in [3.63, 3.8) is 0 Å². The van der Waals surface area contributed by atoms with E-state index in [4.69, 9.17) is 0 Å². The van der Waals surface area contributed by atoms with E-state index in [-0.39, 0.29) is 5.82 Å². The lowest BCUT2D eigenvalue weighted by molar-refractivity contribution is -0.139. The third-order valence-corrected chi connectivity index (χ3v) is 4.26. The van der Waals surface area contributed by atoms with Crippen LogP contribution in [0.25, 0.3) is 0 Å². The van der Waals surface area contributed by atoms with E-state index in [1.165, 1.54) is 19.3 Å². The molecule has 10 heteroatoms. The van der Waals surface area contributed by atoms with Crippen molar-refractivity contribution in [1.29, 1.82) is 0 Å². The van der Waals surface area contributed by atoms with E-state index in [9.17, 15) is 21.6 Å². The number of nitrogens with one attached hydrogen (secondary N) is 2. The summed E-state index contributed by atoms with van der Waals surface area (Å²) in [6.45, 7) is 1.44. The molecular weight excluding hydrogens is 309 g/mol. The highest BCUT2D eigenvalue weighted by Gasteiger charge is 2.37. The molecule has 2 rings (SSSR count). The Morgan fingerprint density at radius 3 is 2.52 bits per heavy atom. The lowest BCUT2D eigenvalue weighted by Crippen LogP contribution is -2.29. The van der Waals surface area contributed by atoms with Gasteiger partial charge in [-0.05, 0) is 19.1 Å². The van der Waals surface area contributed by atoms with Crippen molar-refractivity contribution in [2.24, 2.45) is 0 Å². The van der Waals surface area contributed by atoms with Crippen molar-refractivity contribution in [2.75, 3.05) is 0 Å². The van der Waals surface area contributed by atoms with E-state index in [1.807, 2.05) is 0 Å². The molecule has 2 aromatic rings. The quantitative estimate of drug-likeness (QED) is 0.900. The minimum absolute atomic E-state index is 0.197. The first kappa shape index (κ1) is 15.4. The number of rotatable bonds is 4. The zero-order chi connectivity index (χ0) is 15.7. The molecule has 6 nitrogen and oxygen atoms in total. The van der Waals surface area contributed by atoms with Gasteiger partial charge in [0.15, 0.2) is 0 Å². The van der Waals surface area contributed by atoms with Crippen LogP contribution in [-0.4, -0.2) is 23.6 Å². The summed E-state index contributed by atoms with van der Waals surface area (Å²) in [5.74, 6) is 0.197. The standard InChI is InChI=1S/C11H11F3N4O2S/c1-7(10-15-6-16-17-10)18-21(19,20)9-5-3-2-4-8(9)11(12,13)14/h2-7,18H,1H3,(H,15,16,17). The van der Waals surface area contributed by atoms with Crippen molar-refractivity contribution in [3.8, 4) is 0 Å². The van der Waals surface area contributed by atoms with Crippen molar-refractivity contribution in [1.82, 2.24) is 19.9 Å². The molecule has 0 aliphatic carbocycles. The molecule has 1 heterocycles. The number of aromatic nitrogens is 3. The number of nitrogens with zero attached hydrogens (tertiary/aromatic N) is 2. The summed E-state index contributed by atoms with van der Waals surface area (Å²) in [5, 5.41) is 6.00. The van der Waals surface area contributed by atoms with Gasteiger partial charge in [0.25, 0.3) is 0 Å². The number of aromatic amines is 1. The molecule has 0 amide bonds. The highest BCUT2D eigenvalue weighted by Crippen LogP contribution is 2.34. The summed E-state index contributed by atoms with van der Waals surface area (Å²) < 4.78 is 65.0. The molecular formula is C11H11F3N4O2S. The summed E-state index contributed by atoms with van der Waals surface area (Å²) >= 11 is 0. The molecule has 0 aliphatic heterocycles. The van der Waals surface area contributed by atoms with Gasteiger partial charge in [-0.1, -0.05) is 12.1 Å². The minimum Gasteiger partial charge on any atom is -0.262 e. The second kappa shape index (κ2) is 5.45. The third-order valence-electron chi connectivity index (χ3n) is 2.66. The first-order chi connectivity index (χ1) is 9.72. The number of halogens is 3. The maximum atomic E-state index is 12.9. The summed E-state index contributed by atoms with van der Waals surface area (Å²) in [7, 11) is -4.36. The van der Waals surface area contributed by atoms with Crippen LogP contribution in [-0.2, 0) is 16.2 Å². The smallest absolute Gasteiger partial charge is 0.262 e. The first-order valence-electron chi connectivity index (χ1n) is 5.75. The minimum atomic E-state index is -4.76. The van der Waals surface area contributed by atoms with Gasteiger partial charge in [0.2, 0.25) is 10.0 Å². The van der Waals surface area contributed by atoms with Gasteiger partial charge in [0.1, 0.15) is 12.2 Å². The molecule has 1 aromatic heterocycles. The lowest BCUT2D eigenvalue weighted by atomic mass is 10.2. The van der Waals surface area contributed by atoms with E-state index in [2.05, 4.69) is 19.9 Å². The normalized spacial score (nSPS) is 14.1. The highest BCUT2D eigenvalue weighted by atomic mass is 32.2. The van der Waals surface area contributed by atoms with Crippen LogP contribution in [0.2, 0.25) is 0 Å². The van der Waals surface area contributed by atoms with E-state index in [0.717, 1.165) is 12.1 Å². The Morgan fingerprint density at radius 2 is 1.95 bits per heavy atom. The summed E-state index contributed by atoms with van der Waals surface area (Å²) in [4.78, 5) is 2.92. The Bertz CT molecular complexity index is 713. The Labute approximate surface area is 118 Å². The summed E-state index contributed by atoms with van der Waals surface area (Å²) in [6, 6.07) is 3.12. The molecule has 0 saturated carbocycles. The largest absolute Gasteiger partial charge is 0.417 e. The highest BCUT2D eigenvalue weighted by molar-refractivity contribution is 7.89. The molecule has 0 spiro atoms.